The summed E-state index contributed by atoms with van der Waals surface area (Å²) in [4.78, 5) is 0. The molecule has 0 spiro atoms. The van der Waals surface area contributed by atoms with Crippen LogP contribution in [0.3, 0.4) is 0 Å². The van der Waals surface area contributed by atoms with Crippen molar-refractivity contribution < 1.29 is 18.3 Å². The fourth-order valence-electron chi connectivity index (χ4n) is 1.77. The fraction of sp³-hybridized carbons (Fsp3) is 0.143. The topological polar surface area (TPSA) is 46.2 Å². The highest BCUT2D eigenvalue weighted by atomic mass is 19.4. The van der Waals surface area contributed by atoms with Crippen LogP contribution >= 0.6 is 0 Å². The molecule has 2 aromatic carbocycles. The minimum Gasteiger partial charge on any atom is -0.506 e. The molecule has 0 aliphatic heterocycles. The third-order valence-corrected chi connectivity index (χ3v) is 2.85. The number of phenols is 1. The molecule has 3 N–H and O–H groups in total. The van der Waals surface area contributed by atoms with Crippen molar-refractivity contribution in [3.05, 3.63) is 47.5 Å². The van der Waals surface area contributed by atoms with Crippen LogP contribution in [-0.4, -0.2) is 5.11 Å². The molecule has 0 aromatic heterocycles. The molecular formula is C14H12F3NO. The lowest BCUT2D eigenvalue weighted by molar-refractivity contribution is -0.137. The van der Waals surface area contributed by atoms with Gasteiger partial charge in [-0.05, 0) is 24.6 Å². The van der Waals surface area contributed by atoms with Crippen LogP contribution in [0.25, 0.3) is 11.1 Å². The maximum Gasteiger partial charge on any atom is 0.416 e. The summed E-state index contributed by atoms with van der Waals surface area (Å²) in [6.07, 6.45) is -4.52. The average molecular weight is 267 g/mol. The van der Waals surface area contributed by atoms with Gasteiger partial charge in [0, 0.05) is 5.56 Å². The minimum absolute atomic E-state index is 0.0585. The summed E-state index contributed by atoms with van der Waals surface area (Å²) in [6, 6.07) is 8.45. The van der Waals surface area contributed by atoms with E-state index in [0.29, 0.717) is 11.6 Å². The minimum atomic E-state index is -4.52. The number of alkyl halides is 3. The van der Waals surface area contributed by atoms with Crippen LogP contribution in [0.1, 0.15) is 11.1 Å². The van der Waals surface area contributed by atoms with Crippen LogP contribution in [0, 0.1) is 6.92 Å². The molecule has 0 aliphatic carbocycles. The van der Waals surface area contributed by atoms with E-state index in [1.54, 1.807) is 24.3 Å². The van der Waals surface area contributed by atoms with Crippen molar-refractivity contribution in [3.8, 4) is 16.9 Å². The summed E-state index contributed by atoms with van der Waals surface area (Å²) < 4.78 is 38.1. The lowest BCUT2D eigenvalue weighted by Crippen LogP contribution is -2.06. The molecule has 2 aromatic rings. The monoisotopic (exact) mass is 267 g/mol. The molecule has 0 amide bonds. The Balaban J connectivity index is 2.62. The number of anilines is 1. The van der Waals surface area contributed by atoms with Crippen LogP contribution in [0.5, 0.6) is 5.75 Å². The zero-order valence-corrected chi connectivity index (χ0v) is 10.1. The van der Waals surface area contributed by atoms with Gasteiger partial charge in [-0.3, -0.25) is 0 Å². The third-order valence-electron chi connectivity index (χ3n) is 2.85. The molecule has 19 heavy (non-hydrogen) atoms. The second-order valence-electron chi connectivity index (χ2n) is 4.32. The molecule has 0 bridgehead atoms. The summed E-state index contributed by atoms with van der Waals surface area (Å²) in [7, 11) is 0. The smallest absolute Gasteiger partial charge is 0.416 e. The number of nitrogen functional groups attached to an aromatic ring is 1. The third kappa shape index (κ3) is 2.65. The number of rotatable bonds is 1. The zero-order valence-electron chi connectivity index (χ0n) is 10.1. The van der Waals surface area contributed by atoms with Gasteiger partial charge in [0.15, 0.2) is 0 Å². The van der Waals surface area contributed by atoms with Crippen LogP contribution in [0.2, 0.25) is 0 Å². The highest BCUT2D eigenvalue weighted by Crippen LogP contribution is 2.39. The SMILES string of the molecule is Cc1ccc(-c2cc(C(F)(F)F)cc(O)c2N)cc1. The van der Waals surface area contributed by atoms with Gasteiger partial charge in [0.05, 0.1) is 11.3 Å². The maximum absolute atomic E-state index is 12.7. The number of benzene rings is 2. The van der Waals surface area contributed by atoms with Crippen LogP contribution in [-0.2, 0) is 6.18 Å². The lowest BCUT2D eigenvalue weighted by Gasteiger charge is -2.13. The fourth-order valence-corrected chi connectivity index (χ4v) is 1.77. The number of halogens is 3. The van der Waals surface area contributed by atoms with Gasteiger partial charge < -0.3 is 10.8 Å². The second kappa shape index (κ2) is 4.50. The summed E-state index contributed by atoms with van der Waals surface area (Å²) in [5, 5.41) is 9.54. The van der Waals surface area contributed by atoms with Gasteiger partial charge in [-0.25, -0.2) is 0 Å². The first-order valence-electron chi connectivity index (χ1n) is 5.56. The molecule has 0 unspecified atom stereocenters. The quantitative estimate of drug-likeness (QED) is 0.606. The summed E-state index contributed by atoms with van der Waals surface area (Å²) in [5.41, 5.74) is 6.36. The van der Waals surface area contributed by atoms with Crippen molar-refractivity contribution >= 4 is 5.69 Å². The molecule has 0 saturated heterocycles. The predicted octanol–water partition coefficient (Wildman–Crippen LogP) is 3.97. The Bertz CT molecular complexity index is 603. The van der Waals surface area contributed by atoms with Gasteiger partial charge in [-0.1, -0.05) is 29.8 Å². The van der Waals surface area contributed by atoms with Crippen LogP contribution in [0.15, 0.2) is 36.4 Å². The first-order valence-corrected chi connectivity index (χ1v) is 5.56. The predicted molar refractivity (Wildman–Crippen MR) is 67.7 cm³/mol. The van der Waals surface area contributed by atoms with Crippen LogP contribution in [0.4, 0.5) is 18.9 Å². The number of aryl methyl sites for hydroxylation is 1. The molecular weight excluding hydrogens is 255 g/mol. The van der Waals surface area contributed by atoms with E-state index >= 15 is 0 Å². The van der Waals surface area contributed by atoms with E-state index in [4.69, 9.17) is 5.73 Å². The van der Waals surface area contributed by atoms with Crippen molar-refractivity contribution in [3.63, 3.8) is 0 Å². The van der Waals surface area contributed by atoms with Crippen molar-refractivity contribution in [2.75, 3.05) is 5.73 Å². The lowest BCUT2D eigenvalue weighted by atomic mass is 9.99. The van der Waals surface area contributed by atoms with Gasteiger partial charge >= 0.3 is 6.18 Å². The largest absolute Gasteiger partial charge is 0.506 e. The first kappa shape index (κ1) is 13.3. The standard InChI is InChI=1S/C14H12F3NO/c1-8-2-4-9(5-3-8)11-6-10(14(15,16)17)7-12(19)13(11)18/h2-7,19H,18H2,1H3. The summed E-state index contributed by atoms with van der Waals surface area (Å²) >= 11 is 0. The molecule has 5 heteroatoms. The van der Waals surface area contributed by atoms with Crippen molar-refractivity contribution in [1.82, 2.24) is 0 Å². The highest BCUT2D eigenvalue weighted by molar-refractivity contribution is 5.81. The summed E-state index contributed by atoms with van der Waals surface area (Å²) in [5.74, 6) is -0.564. The van der Waals surface area contributed by atoms with Crippen LogP contribution < -0.4 is 5.73 Å². The van der Waals surface area contributed by atoms with Gasteiger partial charge in [0.2, 0.25) is 0 Å². The molecule has 0 aliphatic rings. The van der Waals surface area contributed by atoms with Gasteiger partial charge in [0.1, 0.15) is 5.75 Å². The molecule has 0 heterocycles. The summed E-state index contributed by atoms with van der Waals surface area (Å²) in [6.45, 7) is 1.87. The van der Waals surface area contributed by atoms with Gasteiger partial charge in [-0.2, -0.15) is 13.2 Å². The molecule has 0 radical (unpaired) electrons. The second-order valence-corrected chi connectivity index (χ2v) is 4.32. The highest BCUT2D eigenvalue weighted by Gasteiger charge is 2.32. The van der Waals surface area contributed by atoms with Crippen molar-refractivity contribution in [2.24, 2.45) is 0 Å². The zero-order chi connectivity index (χ0) is 14.2. The number of nitrogens with two attached hydrogens (primary N) is 1. The Kier molecular flexibility index (Phi) is 3.14. The Morgan fingerprint density at radius 3 is 2.16 bits per heavy atom. The van der Waals surface area contributed by atoms with E-state index in [-0.39, 0.29) is 11.3 Å². The Hall–Kier alpha value is -2.17. The average Bonchev–Trinajstić information content (AvgIpc) is 2.32. The van der Waals surface area contributed by atoms with E-state index < -0.39 is 17.5 Å². The van der Waals surface area contributed by atoms with E-state index in [1.165, 1.54) is 0 Å². The normalized spacial score (nSPS) is 11.6. The van der Waals surface area contributed by atoms with E-state index in [2.05, 4.69) is 0 Å². The van der Waals surface area contributed by atoms with Crippen molar-refractivity contribution in [2.45, 2.75) is 13.1 Å². The van der Waals surface area contributed by atoms with E-state index in [1.807, 2.05) is 6.92 Å². The number of phenolic OH excluding ortho intramolecular Hbond substituents is 1. The first-order chi connectivity index (χ1) is 8.79. The van der Waals surface area contributed by atoms with E-state index in [0.717, 1.165) is 11.6 Å². The van der Waals surface area contributed by atoms with Gasteiger partial charge in [0.25, 0.3) is 0 Å². The Labute approximate surface area is 108 Å². The number of aromatic hydroxyl groups is 1. The molecule has 0 saturated carbocycles. The molecule has 2 rings (SSSR count). The maximum atomic E-state index is 12.7. The molecule has 2 nitrogen and oxygen atoms in total. The molecule has 100 valence electrons. The Morgan fingerprint density at radius 2 is 1.63 bits per heavy atom. The molecule has 0 atom stereocenters. The Morgan fingerprint density at radius 1 is 1.05 bits per heavy atom. The number of hydrogen-bond acceptors (Lipinski definition) is 2. The number of hydrogen-bond donors (Lipinski definition) is 2. The van der Waals surface area contributed by atoms with E-state index in [9.17, 15) is 18.3 Å². The van der Waals surface area contributed by atoms with Crippen molar-refractivity contribution in [1.29, 1.82) is 0 Å². The molecule has 0 fully saturated rings. The van der Waals surface area contributed by atoms with Gasteiger partial charge in [-0.15, -0.1) is 0 Å².